The molecule has 0 aliphatic rings. The molecule has 2 rings (SSSR count). The fourth-order valence-electron chi connectivity index (χ4n) is 1.10. The second-order valence-corrected chi connectivity index (χ2v) is 4.46. The van der Waals surface area contributed by atoms with Gasteiger partial charge in [0, 0.05) is 10.7 Å². The molecule has 14 heavy (non-hydrogen) atoms. The topological polar surface area (TPSA) is 17.8 Å². The SMILES string of the molecule is Clc1cnn(-c2ccc(Br)cc2Cl)c1. The molecule has 2 aromatic rings. The van der Waals surface area contributed by atoms with E-state index in [1.807, 2.05) is 18.2 Å². The van der Waals surface area contributed by atoms with Crippen molar-refractivity contribution < 1.29 is 0 Å². The zero-order chi connectivity index (χ0) is 10.1. The molecule has 0 amide bonds. The molecule has 72 valence electrons. The lowest BCUT2D eigenvalue weighted by atomic mass is 10.3. The van der Waals surface area contributed by atoms with Crippen LogP contribution < -0.4 is 0 Å². The summed E-state index contributed by atoms with van der Waals surface area (Å²) < 4.78 is 2.57. The normalized spacial score (nSPS) is 10.5. The summed E-state index contributed by atoms with van der Waals surface area (Å²) in [6, 6.07) is 5.58. The van der Waals surface area contributed by atoms with Crippen LogP contribution in [0.1, 0.15) is 0 Å². The summed E-state index contributed by atoms with van der Waals surface area (Å²) in [7, 11) is 0. The van der Waals surface area contributed by atoms with Crippen LogP contribution in [-0.4, -0.2) is 9.78 Å². The summed E-state index contributed by atoms with van der Waals surface area (Å²) in [5, 5.41) is 5.27. The smallest absolute Gasteiger partial charge is 0.0833 e. The van der Waals surface area contributed by atoms with Crippen LogP contribution in [0.3, 0.4) is 0 Å². The van der Waals surface area contributed by atoms with E-state index in [2.05, 4.69) is 21.0 Å². The van der Waals surface area contributed by atoms with Gasteiger partial charge in [-0.3, -0.25) is 0 Å². The first kappa shape index (κ1) is 10.0. The zero-order valence-corrected chi connectivity index (χ0v) is 10.0. The molecule has 0 N–H and O–H groups in total. The molecule has 0 aliphatic heterocycles. The summed E-state index contributed by atoms with van der Waals surface area (Å²) in [5.41, 5.74) is 0.807. The van der Waals surface area contributed by atoms with Crippen molar-refractivity contribution >= 4 is 39.1 Å². The van der Waals surface area contributed by atoms with Crippen molar-refractivity contribution in [1.29, 1.82) is 0 Å². The third kappa shape index (κ3) is 1.95. The Morgan fingerprint density at radius 3 is 2.64 bits per heavy atom. The van der Waals surface area contributed by atoms with E-state index in [4.69, 9.17) is 23.2 Å². The number of nitrogens with zero attached hydrogens (tertiary/aromatic N) is 2. The molecule has 0 bridgehead atoms. The van der Waals surface area contributed by atoms with Crippen LogP contribution in [0.4, 0.5) is 0 Å². The van der Waals surface area contributed by atoms with E-state index in [0.29, 0.717) is 10.0 Å². The first-order valence-electron chi connectivity index (χ1n) is 3.82. The zero-order valence-electron chi connectivity index (χ0n) is 6.92. The molecule has 0 radical (unpaired) electrons. The van der Waals surface area contributed by atoms with Crippen LogP contribution in [0.25, 0.3) is 5.69 Å². The first-order valence-corrected chi connectivity index (χ1v) is 5.37. The van der Waals surface area contributed by atoms with E-state index in [9.17, 15) is 0 Å². The van der Waals surface area contributed by atoms with E-state index in [1.165, 1.54) is 0 Å². The standard InChI is InChI=1S/C9H5BrCl2N2/c10-6-1-2-9(8(12)3-6)14-5-7(11)4-13-14/h1-5H. The fraction of sp³-hybridized carbons (Fsp3) is 0. The number of rotatable bonds is 1. The average molecular weight is 292 g/mol. The van der Waals surface area contributed by atoms with Gasteiger partial charge in [0.05, 0.1) is 21.9 Å². The molecule has 1 heterocycles. The second-order valence-electron chi connectivity index (χ2n) is 2.70. The maximum absolute atomic E-state index is 6.04. The Morgan fingerprint density at radius 1 is 1.29 bits per heavy atom. The molecule has 0 fully saturated rings. The maximum Gasteiger partial charge on any atom is 0.0833 e. The third-order valence-electron chi connectivity index (χ3n) is 1.71. The van der Waals surface area contributed by atoms with Crippen molar-refractivity contribution in [3.05, 3.63) is 45.1 Å². The van der Waals surface area contributed by atoms with Gasteiger partial charge in [0.25, 0.3) is 0 Å². The van der Waals surface area contributed by atoms with Crippen molar-refractivity contribution in [1.82, 2.24) is 9.78 Å². The summed E-state index contributed by atoms with van der Waals surface area (Å²) in [4.78, 5) is 0. The molecular weight excluding hydrogens is 287 g/mol. The minimum Gasteiger partial charge on any atom is -0.238 e. The Hall–Kier alpha value is -0.510. The Morgan fingerprint density at radius 2 is 2.07 bits per heavy atom. The first-order chi connectivity index (χ1) is 6.66. The lowest BCUT2D eigenvalue weighted by molar-refractivity contribution is 0.880. The van der Waals surface area contributed by atoms with Crippen LogP contribution in [0, 0.1) is 0 Å². The van der Waals surface area contributed by atoms with E-state index in [1.54, 1.807) is 17.1 Å². The van der Waals surface area contributed by atoms with E-state index in [-0.39, 0.29) is 0 Å². The maximum atomic E-state index is 6.04. The van der Waals surface area contributed by atoms with E-state index < -0.39 is 0 Å². The minimum absolute atomic E-state index is 0.587. The summed E-state index contributed by atoms with van der Waals surface area (Å²) in [5.74, 6) is 0. The predicted octanol–water partition coefficient (Wildman–Crippen LogP) is 3.94. The summed E-state index contributed by atoms with van der Waals surface area (Å²) in [6.45, 7) is 0. The van der Waals surface area contributed by atoms with Gasteiger partial charge >= 0.3 is 0 Å². The number of hydrogen-bond donors (Lipinski definition) is 0. The van der Waals surface area contributed by atoms with Gasteiger partial charge in [-0.05, 0) is 18.2 Å². The van der Waals surface area contributed by atoms with E-state index in [0.717, 1.165) is 10.2 Å². The number of halogens is 3. The van der Waals surface area contributed by atoms with Crippen molar-refractivity contribution in [3.63, 3.8) is 0 Å². The summed E-state index contributed by atoms with van der Waals surface area (Å²) >= 11 is 15.1. The molecule has 0 unspecified atom stereocenters. The molecular formula is C9H5BrCl2N2. The van der Waals surface area contributed by atoms with Gasteiger partial charge < -0.3 is 0 Å². The van der Waals surface area contributed by atoms with Gasteiger partial charge in [-0.1, -0.05) is 39.1 Å². The van der Waals surface area contributed by atoms with Crippen molar-refractivity contribution in [3.8, 4) is 5.69 Å². The Labute approximate surface area is 99.6 Å². The van der Waals surface area contributed by atoms with Gasteiger partial charge in [-0.15, -0.1) is 0 Å². The third-order valence-corrected chi connectivity index (χ3v) is 2.70. The van der Waals surface area contributed by atoms with Gasteiger partial charge in [0.15, 0.2) is 0 Å². The minimum atomic E-state index is 0.587. The molecule has 0 atom stereocenters. The van der Waals surface area contributed by atoms with E-state index >= 15 is 0 Å². The van der Waals surface area contributed by atoms with Crippen LogP contribution >= 0.6 is 39.1 Å². The predicted molar refractivity (Wildman–Crippen MR) is 61.3 cm³/mol. The summed E-state index contributed by atoms with van der Waals surface area (Å²) in [6.07, 6.45) is 3.27. The molecule has 0 saturated heterocycles. The quantitative estimate of drug-likeness (QED) is 0.778. The number of benzene rings is 1. The van der Waals surface area contributed by atoms with Gasteiger partial charge in [-0.25, -0.2) is 4.68 Å². The van der Waals surface area contributed by atoms with Gasteiger partial charge in [0.1, 0.15) is 0 Å². The molecule has 0 spiro atoms. The highest BCUT2D eigenvalue weighted by Crippen LogP contribution is 2.24. The number of aromatic nitrogens is 2. The van der Waals surface area contributed by atoms with Crippen LogP contribution in [0.2, 0.25) is 10.0 Å². The Kier molecular flexibility index (Phi) is 2.81. The largest absolute Gasteiger partial charge is 0.238 e. The highest BCUT2D eigenvalue weighted by atomic mass is 79.9. The lowest BCUT2D eigenvalue weighted by Crippen LogP contribution is -1.94. The monoisotopic (exact) mass is 290 g/mol. The Bertz CT molecular complexity index is 468. The van der Waals surface area contributed by atoms with Crippen molar-refractivity contribution in [2.45, 2.75) is 0 Å². The Balaban J connectivity index is 2.52. The number of hydrogen-bond acceptors (Lipinski definition) is 1. The van der Waals surface area contributed by atoms with Gasteiger partial charge in [-0.2, -0.15) is 5.10 Å². The fourth-order valence-corrected chi connectivity index (χ4v) is 2.00. The van der Waals surface area contributed by atoms with Crippen LogP contribution in [0.15, 0.2) is 35.1 Å². The van der Waals surface area contributed by atoms with Crippen molar-refractivity contribution in [2.75, 3.05) is 0 Å². The van der Waals surface area contributed by atoms with Crippen molar-refractivity contribution in [2.24, 2.45) is 0 Å². The molecule has 2 nitrogen and oxygen atoms in total. The average Bonchev–Trinajstić information content (AvgIpc) is 2.51. The van der Waals surface area contributed by atoms with Crippen LogP contribution in [0.5, 0.6) is 0 Å². The molecule has 1 aromatic carbocycles. The molecule has 0 aliphatic carbocycles. The molecule has 5 heteroatoms. The highest BCUT2D eigenvalue weighted by Gasteiger charge is 2.04. The van der Waals surface area contributed by atoms with Crippen LogP contribution in [-0.2, 0) is 0 Å². The highest BCUT2D eigenvalue weighted by molar-refractivity contribution is 9.10. The lowest BCUT2D eigenvalue weighted by Gasteiger charge is -2.03. The molecule has 1 aromatic heterocycles. The molecule has 0 saturated carbocycles. The van der Waals surface area contributed by atoms with Gasteiger partial charge in [0.2, 0.25) is 0 Å². The second kappa shape index (κ2) is 3.93.